The number of carbonyl (C=O) groups excluding carboxylic acids is 1. The molecule has 0 bridgehead atoms. The number of nitrogens with one attached hydrogen (secondary N) is 1. The van der Waals surface area contributed by atoms with Crippen LogP contribution in [0.3, 0.4) is 0 Å². The van der Waals surface area contributed by atoms with Gasteiger partial charge in [0.1, 0.15) is 0 Å². The van der Waals surface area contributed by atoms with Crippen molar-refractivity contribution in [3.63, 3.8) is 0 Å². The summed E-state index contributed by atoms with van der Waals surface area (Å²) in [5, 5.41) is 3.35. The Labute approximate surface area is 116 Å². The first-order chi connectivity index (χ1) is 8.96. The molecule has 0 radical (unpaired) electrons. The third-order valence-corrected chi connectivity index (χ3v) is 3.41. The van der Waals surface area contributed by atoms with Crippen LogP contribution in [0.1, 0.15) is 32.8 Å². The number of amides is 1. The molecule has 1 saturated heterocycles. The summed E-state index contributed by atoms with van der Waals surface area (Å²) in [6.45, 7) is 8.95. The molecule has 19 heavy (non-hydrogen) atoms. The van der Waals surface area contributed by atoms with Crippen LogP contribution in [0.2, 0.25) is 0 Å². The average molecular weight is 260 g/mol. The monoisotopic (exact) mass is 260 g/mol. The Morgan fingerprint density at radius 3 is 2.58 bits per heavy atom. The Balaban J connectivity index is 2.00. The van der Waals surface area contributed by atoms with Crippen LogP contribution in [0.5, 0.6) is 0 Å². The topological polar surface area (TPSA) is 32.3 Å². The van der Waals surface area contributed by atoms with Gasteiger partial charge in [0.2, 0.25) is 5.91 Å². The predicted molar refractivity (Wildman–Crippen MR) is 77.7 cm³/mol. The molecule has 0 aromatic heterocycles. The van der Waals surface area contributed by atoms with Crippen LogP contribution in [0.15, 0.2) is 30.3 Å². The van der Waals surface area contributed by atoms with E-state index in [4.69, 9.17) is 0 Å². The van der Waals surface area contributed by atoms with Gasteiger partial charge < -0.3 is 10.2 Å². The average Bonchev–Trinajstić information content (AvgIpc) is 2.34. The SMILES string of the molecule is CC(C)(C)CC1NCCN(Cc2ccccc2)C1=O. The molecule has 1 atom stereocenters. The van der Waals surface area contributed by atoms with Crippen LogP contribution in [0, 0.1) is 5.41 Å². The second-order valence-electron chi connectivity index (χ2n) is 6.52. The van der Waals surface area contributed by atoms with E-state index in [0.29, 0.717) is 0 Å². The first-order valence-electron chi connectivity index (χ1n) is 7.02. The second-order valence-corrected chi connectivity index (χ2v) is 6.52. The largest absolute Gasteiger partial charge is 0.336 e. The summed E-state index contributed by atoms with van der Waals surface area (Å²) in [7, 11) is 0. The van der Waals surface area contributed by atoms with Crippen LogP contribution in [-0.4, -0.2) is 29.9 Å². The van der Waals surface area contributed by atoms with Crippen molar-refractivity contribution in [3.8, 4) is 0 Å². The molecule has 1 heterocycles. The molecule has 3 heteroatoms. The maximum absolute atomic E-state index is 12.5. The van der Waals surface area contributed by atoms with E-state index in [1.807, 2.05) is 23.1 Å². The maximum Gasteiger partial charge on any atom is 0.240 e. The van der Waals surface area contributed by atoms with E-state index in [0.717, 1.165) is 26.1 Å². The zero-order chi connectivity index (χ0) is 13.9. The Hall–Kier alpha value is -1.35. The van der Waals surface area contributed by atoms with Gasteiger partial charge in [-0.25, -0.2) is 0 Å². The van der Waals surface area contributed by atoms with E-state index in [1.54, 1.807) is 0 Å². The molecule has 0 spiro atoms. The van der Waals surface area contributed by atoms with Crippen molar-refractivity contribution in [1.82, 2.24) is 10.2 Å². The summed E-state index contributed by atoms with van der Waals surface area (Å²) >= 11 is 0. The Bertz CT molecular complexity index is 422. The van der Waals surface area contributed by atoms with Gasteiger partial charge in [-0.2, -0.15) is 0 Å². The highest BCUT2D eigenvalue weighted by Crippen LogP contribution is 2.23. The van der Waals surface area contributed by atoms with E-state index in [9.17, 15) is 4.79 Å². The summed E-state index contributed by atoms with van der Waals surface area (Å²) in [5.74, 6) is 0.241. The second kappa shape index (κ2) is 5.74. The van der Waals surface area contributed by atoms with E-state index >= 15 is 0 Å². The minimum Gasteiger partial charge on any atom is -0.336 e. The third kappa shape index (κ3) is 4.06. The molecule has 1 fully saturated rings. The standard InChI is InChI=1S/C16H24N2O/c1-16(2,3)11-14-15(19)18(10-9-17-14)12-13-7-5-4-6-8-13/h4-8,14,17H,9-12H2,1-3H3. The fourth-order valence-corrected chi connectivity index (χ4v) is 2.52. The minimum absolute atomic E-state index is 0.0301. The van der Waals surface area contributed by atoms with Crippen molar-refractivity contribution in [1.29, 1.82) is 0 Å². The van der Waals surface area contributed by atoms with E-state index in [1.165, 1.54) is 5.56 Å². The van der Waals surface area contributed by atoms with Gasteiger partial charge in [-0.1, -0.05) is 51.1 Å². The lowest BCUT2D eigenvalue weighted by Gasteiger charge is -2.36. The first kappa shape index (κ1) is 14.1. The van der Waals surface area contributed by atoms with Crippen molar-refractivity contribution in [3.05, 3.63) is 35.9 Å². The Kier molecular flexibility index (Phi) is 4.25. The molecule has 1 aliphatic heterocycles. The molecule has 3 nitrogen and oxygen atoms in total. The Morgan fingerprint density at radius 1 is 1.26 bits per heavy atom. The summed E-state index contributed by atoms with van der Waals surface area (Å²) in [6.07, 6.45) is 0.886. The first-order valence-corrected chi connectivity index (χ1v) is 7.02. The molecule has 1 aromatic rings. The normalized spacial score (nSPS) is 20.7. The number of hydrogen-bond acceptors (Lipinski definition) is 2. The predicted octanol–water partition coefficient (Wildman–Crippen LogP) is 2.42. The fourth-order valence-electron chi connectivity index (χ4n) is 2.52. The molecular weight excluding hydrogens is 236 g/mol. The van der Waals surface area contributed by atoms with E-state index in [2.05, 4.69) is 38.2 Å². The highest BCUT2D eigenvalue weighted by molar-refractivity contribution is 5.82. The molecule has 2 rings (SSSR count). The van der Waals surface area contributed by atoms with Gasteiger partial charge in [-0.3, -0.25) is 4.79 Å². The van der Waals surface area contributed by atoms with E-state index in [-0.39, 0.29) is 17.4 Å². The fraction of sp³-hybridized carbons (Fsp3) is 0.562. The van der Waals surface area contributed by atoms with Gasteiger partial charge in [-0.05, 0) is 17.4 Å². The van der Waals surface area contributed by atoms with Crippen molar-refractivity contribution >= 4 is 5.91 Å². The quantitative estimate of drug-likeness (QED) is 0.905. The van der Waals surface area contributed by atoms with Crippen molar-refractivity contribution < 1.29 is 4.79 Å². The van der Waals surface area contributed by atoms with Crippen LogP contribution in [-0.2, 0) is 11.3 Å². The van der Waals surface area contributed by atoms with Gasteiger partial charge in [-0.15, -0.1) is 0 Å². The molecule has 104 valence electrons. The molecule has 1 aliphatic rings. The maximum atomic E-state index is 12.5. The number of piperazine rings is 1. The summed E-state index contributed by atoms with van der Waals surface area (Å²) in [5.41, 5.74) is 1.37. The molecule has 1 aromatic carbocycles. The van der Waals surface area contributed by atoms with E-state index < -0.39 is 0 Å². The summed E-state index contributed by atoms with van der Waals surface area (Å²) in [4.78, 5) is 14.4. The molecule has 1 amide bonds. The molecule has 0 saturated carbocycles. The van der Waals surface area contributed by atoms with Gasteiger partial charge >= 0.3 is 0 Å². The van der Waals surface area contributed by atoms with Crippen molar-refractivity contribution in [2.75, 3.05) is 13.1 Å². The molecular formula is C16H24N2O. The van der Waals surface area contributed by atoms with Crippen molar-refractivity contribution in [2.45, 2.75) is 39.8 Å². The minimum atomic E-state index is -0.0301. The lowest BCUT2D eigenvalue weighted by atomic mass is 9.87. The van der Waals surface area contributed by atoms with Crippen LogP contribution >= 0.6 is 0 Å². The lowest BCUT2D eigenvalue weighted by molar-refractivity contribution is -0.137. The van der Waals surface area contributed by atoms with Gasteiger partial charge in [0.05, 0.1) is 6.04 Å². The number of hydrogen-bond donors (Lipinski definition) is 1. The molecule has 0 aliphatic carbocycles. The van der Waals surface area contributed by atoms with Gasteiger partial charge in [0.25, 0.3) is 0 Å². The van der Waals surface area contributed by atoms with Crippen molar-refractivity contribution in [2.24, 2.45) is 5.41 Å². The number of benzene rings is 1. The summed E-state index contributed by atoms with van der Waals surface area (Å²) < 4.78 is 0. The third-order valence-electron chi connectivity index (χ3n) is 3.41. The summed E-state index contributed by atoms with van der Waals surface area (Å²) in [6, 6.07) is 10.2. The number of carbonyl (C=O) groups is 1. The lowest BCUT2D eigenvalue weighted by Crippen LogP contribution is -2.55. The molecule has 1 N–H and O–H groups in total. The highest BCUT2D eigenvalue weighted by Gasteiger charge is 2.31. The smallest absolute Gasteiger partial charge is 0.240 e. The van der Waals surface area contributed by atoms with Crippen LogP contribution < -0.4 is 5.32 Å². The molecule has 1 unspecified atom stereocenters. The van der Waals surface area contributed by atoms with Crippen LogP contribution in [0.25, 0.3) is 0 Å². The number of nitrogens with zero attached hydrogens (tertiary/aromatic N) is 1. The van der Waals surface area contributed by atoms with Crippen LogP contribution in [0.4, 0.5) is 0 Å². The van der Waals surface area contributed by atoms with Gasteiger partial charge in [0, 0.05) is 19.6 Å². The van der Waals surface area contributed by atoms with Gasteiger partial charge in [0.15, 0.2) is 0 Å². The Morgan fingerprint density at radius 2 is 1.95 bits per heavy atom. The zero-order valence-corrected chi connectivity index (χ0v) is 12.1. The number of rotatable bonds is 3. The highest BCUT2D eigenvalue weighted by atomic mass is 16.2. The zero-order valence-electron chi connectivity index (χ0n) is 12.1.